The summed E-state index contributed by atoms with van der Waals surface area (Å²) in [7, 11) is 0. The lowest BCUT2D eigenvalue weighted by Gasteiger charge is -2.01. The minimum atomic E-state index is 0.436. The third kappa shape index (κ3) is 77.2. The topological polar surface area (TPSA) is 209 Å². The highest BCUT2D eigenvalue weighted by Gasteiger charge is 2.02. The molecule has 10 rings (SSSR count). The number of pyridine rings is 3. The zero-order valence-corrected chi connectivity index (χ0v) is 77.0. The van der Waals surface area contributed by atoms with Crippen LogP contribution >= 0.6 is 0 Å². The summed E-state index contributed by atoms with van der Waals surface area (Å²) in [5.74, 6) is 6.31. The van der Waals surface area contributed by atoms with E-state index in [1.165, 1.54) is 27.9 Å². The molecule has 0 aliphatic heterocycles. The molecule has 0 saturated heterocycles. The SMILES string of the molecule is CC.CC.CC.CC.CC.CC.CC.CC.CC.CC.CC(C)c1ccc[nH]1.CC(C)c1ccccn1.CC(C)c1cccnc1.CC(C)c1cccnn1.CC(C)c1ccncc1.CC(C)c1ccncn1.CC(C)c1ccnnc1.CC(C)c1cnccn1.CC(C)c1cncnc1.CC(C)c1ncccn1. The summed E-state index contributed by atoms with van der Waals surface area (Å²) in [4.78, 5) is 47.1. The van der Waals surface area contributed by atoms with Gasteiger partial charge in [-0.1, -0.05) is 289 Å². The third-order valence-electron chi connectivity index (χ3n) is 12.4. The Kier molecular flexibility index (Phi) is 106. The lowest BCUT2D eigenvalue weighted by Crippen LogP contribution is -1.93. The van der Waals surface area contributed by atoms with Crippen molar-refractivity contribution in [3.8, 4) is 0 Å². The number of aromatic nitrogens is 16. The van der Waals surface area contributed by atoms with Gasteiger partial charge in [0.1, 0.15) is 18.5 Å². The predicted molar refractivity (Wildman–Crippen MR) is 480 cm³/mol. The number of rotatable bonds is 10. The van der Waals surface area contributed by atoms with Crippen molar-refractivity contribution in [3.05, 3.63) is 259 Å². The molecule has 0 aliphatic carbocycles. The van der Waals surface area contributed by atoms with Crippen molar-refractivity contribution in [2.24, 2.45) is 0 Å². The first-order chi connectivity index (χ1) is 52.5. The number of H-pyrrole nitrogens is 1. The molecular formula is C93H164N16. The van der Waals surface area contributed by atoms with Gasteiger partial charge in [0.2, 0.25) is 0 Å². The van der Waals surface area contributed by atoms with E-state index in [9.17, 15) is 0 Å². The maximum absolute atomic E-state index is 4.18. The Labute approximate surface area is 672 Å². The molecule has 0 atom stereocenters. The summed E-state index contributed by atoms with van der Waals surface area (Å²) in [6.07, 6.45) is 33.7. The largest absolute Gasteiger partial charge is 0.365 e. The fourth-order valence-corrected chi connectivity index (χ4v) is 6.62. The predicted octanol–water partition coefficient (Wildman–Crippen LogP) is 28.6. The Balaban J connectivity index is -0.000000122. The molecule has 0 unspecified atom stereocenters. The maximum atomic E-state index is 4.18. The molecular weight excluding hydrogens is 1340 g/mol. The van der Waals surface area contributed by atoms with E-state index in [0.717, 1.165) is 28.6 Å². The molecule has 616 valence electrons. The molecule has 10 aromatic rings. The van der Waals surface area contributed by atoms with Crippen LogP contribution in [0, 0.1) is 0 Å². The molecule has 16 nitrogen and oxygen atoms in total. The van der Waals surface area contributed by atoms with E-state index < -0.39 is 0 Å². The minimum Gasteiger partial charge on any atom is -0.365 e. The molecule has 0 spiro atoms. The van der Waals surface area contributed by atoms with E-state index in [1.807, 2.05) is 255 Å². The first-order valence-corrected chi connectivity index (χ1v) is 41.0. The molecule has 0 saturated carbocycles. The summed E-state index contributed by atoms with van der Waals surface area (Å²) >= 11 is 0. The Morgan fingerprint density at radius 3 is 0.917 bits per heavy atom. The summed E-state index contributed by atoms with van der Waals surface area (Å²) in [6.45, 7) is 82.6. The van der Waals surface area contributed by atoms with Gasteiger partial charge in [0.05, 0.1) is 17.6 Å². The fraction of sp³-hybridized carbons (Fsp3) is 0.538. The molecule has 0 aliphatic rings. The normalized spacial score (nSPS) is 8.83. The molecule has 10 heterocycles. The van der Waals surface area contributed by atoms with Gasteiger partial charge < -0.3 is 4.98 Å². The molecule has 0 bridgehead atoms. The first kappa shape index (κ1) is 121. The quantitative estimate of drug-likeness (QED) is 0.135. The van der Waals surface area contributed by atoms with E-state index in [2.05, 4.69) is 231 Å². The third-order valence-corrected chi connectivity index (χ3v) is 12.4. The molecule has 10 aromatic heterocycles. The Morgan fingerprint density at radius 1 is 0.220 bits per heavy atom. The van der Waals surface area contributed by atoms with Gasteiger partial charge in [-0.25, -0.2) is 29.9 Å². The van der Waals surface area contributed by atoms with Crippen LogP contribution in [0.3, 0.4) is 0 Å². The van der Waals surface area contributed by atoms with Crippen LogP contribution < -0.4 is 0 Å². The van der Waals surface area contributed by atoms with Crippen LogP contribution in [0.15, 0.2) is 203 Å². The van der Waals surface area contributed by atoms with Crippen LogP contribution in [0.5, 0.6) is 0 Å². The minimum absolute atomic E-state index is 0.436. The standard InChI is InChI=1S/3C8H11N.6C7H10N2.C7H11N.10C2H6/c1-7(2)8-3-5-9-6-4-8;1-7(2)8-4-3-5-9-6-8;1-7(2)8-5-3-4-6-9-8;1-6(2)7-3-8-5-9-4-7;1-6(2)7-5-8-3-4-9-7;1-6(2)7-3-4-8-5-9-7;1-6(2)7-3-4-8-9-5-7;1-6(2)7-8-4-3-5-9-7;1-6(2)7-4-3-5-8-9-7;1-6(2)7-4-3-5-8-7;10*1-2/h3*3-7H,1-2H3;6*3-6H,1-2H3;3-6,8H,1-2H3;10*1-2H3. The zero-order chi connectivity index (χ0) is 86.2. The molecule has 109 heavy (non-hydrogen) atoms. The highest BCUT2D eigenvalue weighted by molar-refractivity contribution is 5.15. The summed E-state index contributed by atoms with van der Waals surface area (Å²) < 4.78 is 0. The van der Waals surface area contributed by atoms with Gasteiger partial charge in [0.25, 0.3) is 0 Å². The number of nitrogens with zero attached hydrogens (tertiary/aromatic N) is 15. The molecule has 0 fully saturated rings. The second-order valence-electron chi connectivity index (χ2n) is 23.4. The smallest absolute Gasteiger partial charge is 0.130 e. The van der Waals surface area contributed by atoms with Crippen LogP contribution in [-0.2, 0) is 0 Å². The van der Waals surface area contributed by atoms with Crippen molar-refractivity contribution in [1.82, 2.24) is 80.2 Å². The molecule has 0 aromatic carbocycles. The van der Waals surface area contributed by atoms with Gasteiger partial charge in [-0.05, 0) is 148 Å². The molecule has 16 heteroatoms. The van der Waals surface area contributed by atoms with Crippen LogP contribution in [0.1, 0.15) is 393 Å². The number of hydrogen-bond acceptors (Lipinski definition) is 15. The summed E-state index contributed by atoms with van der Waals surface area (Å²) in [6, 6.07) is 27.9. The highest BCUT2D eigenvalue weighted by Crippen LogP contribution is 2.15. The molecule has 1 N–H and O–H groups in total. The average Bonchev–Trinajstić information content (AvgIpc) is 1.37. The first-order valence-electron chi connectivity index (χ1n) is 41.0. The fourth-order valence-electron chi connectivity index (χ4n) is 6.62. The second kappa shape index (κ2) is 95.3. The average molecular weight is 1510 g/mol. The lowest BCUT2D eigenvalue weighted by molar-refractivity contribution is 0.774. The van der Waals surface area contributed by atoms with Crippen molar-refractivity contribution < 1.29 is 0 Å². The number of hydrogen-bond donors (Lipinski definition) is 1. The van der Waals surface area contributed by atoms with Crippen molar-refractivity contribution in [2.45, 2.75) is 336 Å². The van der Waals surface area contributed by atoms with Crippen molar-refractivity contribution in [1.29, 1.82) is 0 Å². The van der Waals surface area contributed by atoms with Crippen LogP contribution in [0.4, 0.5) is 0 Å². The van der Waals surface area contributed by atoms with Gasteiger partial charge in [-0.2, -0.15) is 20.4 Å². The van der Waals surface area contributed by atoms with Gasteiger partial charge in [0.15, 0.2) is 0 Å². The van der Waals surface area contributed by atoms with E-state index in [4.69, 9.17) is 0 Å². The van der Waals surface area contributed by atoms with Gasteiger partial charge in [-0.15, -0.1) is 0 Å². The van der Waals surface area contributed by atoms with Crippen molar-refractivity contribution in [2.75, 3.05) is 0 Å². The number of nitrogens with one attached hydrogen (secondary N) is 1. The van der Waals surface area contributed by atoms with Crippen LogP contribution in [-0.4, -0.2) is 80.2 Å². The Hall–Kier alpha value is -8.79. The summed E-state index contributed by atoms with van der Waals surface area (Å²) in [5, 5.41) is 15.1. The van der Waals surface area contributed by atoms with E-state index in [-0.39, 0.29) is 0 Å². The maximum Gasteiger partial charge on any atom is 0.130 e. The van der Waals surface area contributed by atoms with E-state index in [1.54, 1.807) is 74.6 Å². The summed E-state index contributed by atoms with van der Waals surface area (Å²) in [5.41, 5.74) is 10.8. The van der Waals surface area contributed by atoms with Gasteiger partial charge in [0, 0.05) is 122 Å². The van der Waals surface area contributed by atoms with Gasteiger partial charge in [-0.3, -0.25) is 24.9 Å². The monoisotopic (exact) mass is 1510 g/mol. The Morgan fingerprint density at radius 2 is 0.651 bits per heavy atom. The highest BCUT2D eigenvalue weighted by atomic mass is 15.1. The van der Waals surface area contributed by atoms with Crippen LogP contribution in [0.25, 0.3) is 0 Å². The Bertz CT molecular complexity index is 2470. The lowest BCUT2D eigenvalue weighted by atomic mass is 10.1. The van der Waals surface area contributed by atoms with E-state index in [0.29, 0.717) is 59.2 Å². The van der Waals surface area contributed by atoms with Crippen molar-refractivity contribution in [3.63, 3.8) is 0 Å². The van der Waals surface area contributed by atoms with Crippen molar-refractivity contribution >= 4 is 0 Å². The van der Waals surface area contributed by atoms with Crippen LogP contribution in [0.2, 0.25) is 0 Å². The van der Waals surface area contributed by atoms with Gasteiger partial charge >= 0.3 is 0 Å². The zero-order valence-electron chi connectivity index (χ0n) is 77.0. The molecule has 0 amide bonds. The second-order valence-corrected chi connectivity index (χ2v) is 23.4. The van der Waals surface area contributed by atoms with E-state index >= 15 is 0 Å². The number of aromatic amines is 1. The molecule has 0 radical (unpaired) electrons.